The van der Waals surface area contributed by atoms with Crippen molar-refractivity contribution in [3.8, 4) is 0 Å². The number of hydrogen-bond acceptors (Lipinski definition) is 20. The van der Waals surface area contributed by atoms with Crippen LogP contribution in [0.2, 0.25) is 0 Å². The monoisotopic (exact) mass is 1550 g/mol. The normalized spacial score (nSPS) is 14.2. The van der Waals surface area contributed by atoms with E-state index in [1.54, 1.807) is 105 Å². The number of para-hydroxylation sites is 2. The van der Waals surface area contributed by atoms with Gasteiger partial charge in [0.05, 0.1) is 31.0 Å². The molecular weight excluding hydrogens is 1460 g/mol. The molecular formula is C69H93N21O15S3. The van der Waals surface area contributed by atoms with Crippen LogP contribution in [0.5, 0.6) is 0 Å². The highest BCUT2D eigenvalue weighted by atomic mass is 32.1. The van der Waals surface area contributed by atoms with Crippen LogP contribution in [-0.2, 0) is 92.8 Å². The molecule has 0 saturated heterocycles. The van der Waals surface area contributed by atoms with Gasteiger partial charge in [-0.25, -0.2) is 4.98 Å². The predicted molar refractivity (Wildman–Crippen MR) is 407 cm³/mol. The number of carboxylic acids is 1. The first-order valence-electron chi connectivity index (χ1n) is 34.3. The molecule has 582 valence electrons. The summed E-state index contributed by atoms with van der Waals surface area (Å²) in [5.41, 5.74) is 25.8. The van der Waals surface area contributed by atoms with Crippen LogP contribution in [0.25, 0.3) is 21.8 Å². The predicted octanol–water partition coefficient (Wildman–Crippen LogP) is -3.74. The van der Waals surface area contributed by atoms with Crippen LogP contribution in [-0.4, -0.2) is 211 Å². The smallest absolute Gasteiger partial charge is 0.303 e. The number of benzene rings is 3. The number of fused-ring (bicyclic) bond motifs is 2. The van der Waals surface area contributed by atoms with E-state index in [4.69, 9.17) is 28.3 Å². The largest absolute Gasteiger partial charge is 0.481 e. The second-order valence-corrected chi connectivity index (χ2v) is 26.8. The Morgan fingerprint density at radius 1 is 0.491 bits per heavy atom. The number of carboxylic acid groups (broad SMARTS) is 1. The zero-order chi connectivity index (χ0) is 79.1. The summed E-state index contributed by atoms with van der Waals surface area (Å²) < 4.78 is 0. The number of primary amides is 2. The van der Waals surface area contributed by atoms with Gasteiger partial charge in [-0.3, -0.25) is 72.5 Å². The van der Waals surface area contributed by atoms with Gasteiger partial charge in [-0.1, -0.05) is 80.6 Å². The van der Waals surface area contributed by atoms with Crippen molar-refractivity contribution in [3.63, 3.8) is 0 Å². The molecule has 108 heavy (non-hydrogen) atoms. The molecule has 0 aliphatic rings. The van der Waals surface area contributed by atoms with Crippen molar-refractivity contribution in [2.24, 2.45) is 28.9 Å². The summed E-state index contributed by atoms with van der Waals surface area (Å²) in [5.74, 6) is -15.6. The van der Waals surface area contributed by atoms with Gasteiger partial charge in [0.1, 0.15) is 60.4 Å². The summed E-state index contributed by atoms with van der Waals surface area (Å²) in [7, 11) is 0. The minimum absolute atomic E-state index is 0.0317. The van der Waals surface area contributed by atoms with Crippen LogP contribution < -0.4 is 86.7 Å². The molecule has 0 fully saturated rings. The summed E-state index contributed by atoms with van der Waals surface area (Å²) in [6, 6.07) is 6.13. The Labute approximate surface area is 636 Å². The first-order valence-corrected chi connectivity index (χ1v) is 36.2. The third-order valence-corrected chi connectivity index (χ3v) is 18.0. The van der Waals surface area contributed by atoms with E-state index in [2.05, 4.69) is 122 Å². The Hall–Kier alpha value is -11.2. The second kappa shape index (κ2) is 42.8. The fraction of sp³-hybridized carbons (Fsp3) is 0.420. The fourth-order valence-corrected chi connectivity index (χ4v) is 12.0. The Bertz CT molecular complexity index is 4140. The third-order valence-electron chi connectivity index (χ3n) is 16.9. The molecule has 3 aromatic heterocycles. The highest BCUT2D eigenvalue weighted by molar-refractivity contribution is 7.80. The number of H-pyrrole nitrogens is 3. The van der Waals surface area contributed by atoms with Crippen molar-refractivity contribution >= 4 is 148 Å². The van der Waals surface area contributed by atoms with Gasteiger partial charge in [0.25, 0.3) is 0 Å². The number of nitrogens with one attached hydrogen (secondary N) is 16. The zero-order valence-electron chi connectivity index (χ0n) is 59.1. The molecule has 0 aliphatic heterocycles. The molecule has 3 heterocycles. The summed E-state index contributed by atoms with van der Waals surface area (Å²) in [4.78, 5) is 206. The number of rotatable bonds is 45. The van der Waals surface area contributed by atoms with Crippen LogP contribution in [0.3, 0.4) is 0 Å². The Morgan fingerprint density at radius 2 is 0.944 bits per heavy atom. The molecule has 0 unspecified atom stereocenters. The van der Waals surface area contributed by atoms with Crippen LogP contribution >= 0.6 is 37.9 Å². The topological polar surface area (TPSA) is 592 Å². The number of thiol groups is 3. The van der Waals surface area contributed by atoms with Gasteiger partial charge >= 0.3 is 5.97 Å². The van der Waals surface area contributed by atoms with E-state index in [-0.39, 0.29) is 68.9 Å². The van der Waals surface area contributed by atoms with E-state index >= 15 is 0 Å². The van der Waals surface area contributed by atoms with E-state index < -0.39 is 187 Å². The second-order valence-electron chi connectivity index (χ2n) is 25.7. The Kier molecular flexibility index (Phi) is 34.0. The van der Waals surface area contributed by atoms with Gasteiger partial charge in [-0.15, -0.1) is 0 Å². The number of aromatic amines is 3. The minimum atomic E-state index is -1.95. The SMILES string of the molecule is CC(C)C[C@H](NC(=O)[C@H](Cc1c[nH]c2ccccc12)NC(=O)[C@H](Cc1c[nH]cn1)NC(=O)[C@@H](N)CS)C(=O)N[C@@H](CCC(=O)O)C(=O)N[C@@H](CC(N)=O)C(=O)N[C@@H](CS)C(=O)N[C@@H](Cc1c[nH]c2ccccc12)C(=O)N[C@@H](CCCNC(=N)N)C(=O)NCC(=O)N[C@@H](Cc1ccccc1)C(=O)N[C@@H](CS)C(N)=O. The van der Waals surface area contributed by atoms with Crippen LogP contribution in [0, 0.1) is 11.3 Å². The fourth-order valence-electron chi connectivity index (χ4n) is 11.3. The van der Waals surface area contributed by atoms with Gasteiger partial charge in [0, 0.05) is 96.3 Å². The number of nitrogens with two attached hydrogens (primary N) is 4. The Balaban J connectivity index is 1.21. The van der Waals surface area contributed by atoms with Gasteiger partial charge in [-0.05, 0) is 60.4 Å². The Morgan fingerprint density at radius 3 is 1.45 bits per heavy atom. The number of hydrogen-bond donors (Lipinski definition) is 24. The quantitative estimate of drug-likeness (QED) is 0.00756. The molecule has 11 atom stereocenters. The average Bonchev–Trinajstić information content (AvgIpc) is 1.64. The molecule has 0 saturated carbocycles. The van der Waals surface area contributed by atoms with Crippen LogP contribution in [0.4, 0.5) is 0 Å². The summed E-state index contributed by atoms with van der Waals surface area (Å²) in [6.07, 6.45) is 2.87. The van der Waals surface area contributed by atoms with Crippen molar-refractivity contribution in [2.45, 2.75) is 145 Å². The average molecular weight is 1550 g/mol. The maximum Gasteiger partial charge on any atom is 0.303 e. The van der Waals surface area contributed by atoms with Crippen molar-refractivity contribution in [3.05, 3.63) is 126 Å². The molecule has 0 spiro atoms. The number of imidazole rings is 1. The van der Waals surface area contributed by atoms with Gasteiger partial charge < -0.3 is 107 Å². The lowest BCUT2D eigenvalue weighted by atomic mass is 9.99. The summed E-state index contributed by atoms with van der Waals surface area (Å²) in [6.45, 7) is 2.71. The first-order chi connectivity index (χ1) is 51.5. The lowest BCUT2D eigenvalue weighted by molar-refractivity contribution is -0.139. The summed E-state index contributed by atoms with van der Waals surface area (Å²) >= 11 is 12.5. The van der Waals surface area contributed by atoms with Gasteiger partial charge in [-0.2, -0.15) is 37.9 Å². The third kappa shape index (κ3) is 27.3. The summed E-state index contributed by atoms with van der Waals surface area (Å²) in [5, 5.41) is 49.3. The lowest BCUT2D eigenvalue weighted by Crippen LogP contribution is -2.61. The van der Waals surface area contributed by atoms with Crippen molar-refractivity contribution in [2.75, 3.05) is 30.3 Å². The van der Waals surface area contributed by atoms with E-state index in [0.29, 0.717) is 44.2 Å². The maximum absolute atomic E-state index is 14.8. The van der Waals surface area contributed by atoms with E-state index in [1.165, 1.54) is 12.5 Å². The number of carbonyl (C=O) groups is 14. The number of aliphatic carboxylic acids is 1. The molecule has 39 heteroatoms. The molecule has 6 rings (SSSR count). The van der Waals surface area contributed by atoms with Crippen molar-refractivity contribution in [1.82, 2.24) is 83.7 Å². The minimum Gasteiger partial charge on any atom is -0.481 e. The molecule has 36 nitrogen and oxygen atoms in total. The molecule has 0 radical (unpaired) electrons. The van der Waals surface area contributed by atoms with Gasteiger partial charge in [0.15, 0.2) is 5.96 Å². The number of nitrogens with zero attached hydrogens (tertiary/aromatic N) is 1. The van der Waals surface area contributed by atoms with Gasteiger partial charge in [0.2, 0.25) is 76.8 Å². The first kappa shape index (κ1) is 85.7. The highest BCUT2D eigenvalue weighted by Gasteiger charge is 2.37. The zero-order valence-corrected chi connectivity index (χ0v) is 61.8. The standard InChI is InChI=1S/C69H93N21O15S3/c1-35(2)21-47(85-65(102)50(24-38-28-78-44-16-9-7-14-41(38)44)86-66(103)51(25-39-29-75-34-80-39)84-59(96)42(70)31-106)62(99)83-46(18-19-57(93)94)61(98)88-52(26-55(71)91)67(104)90-54(33-108)68(105)87-49(23-37-27-77-43-15-8-6-13-40(37)43)64(101)82-45(17-10-20-76-69(73)74)60(97)79-30-56(92)81-48(22-36-11-4-3-5-12-36)63(100)89-53(32-107)58(72)95/h3-9,11-16,27-29,34-35,42,45-54,77-78,106-108H,10,17-26,30-33,70H2,1-2H3,(H2,71,91)(H2,72,95)(H,75,80)(H,79,97)(H,81,92)(H,82,101)(H,83,99)(H,84,96)(H,85,102)(H,86,103)(H,87,105)(H,88,98)(H,89,100)(H,90,104)(H,93,94)(H4,73,74,76)/t42-,45-,46-,47-,48-,49-,50-,51-,52-,53-,54-/m0/s1. The van der Waals surface area contributed by atoms with Crippen LogP contribution in [0.15, 0.2) is 104 Å². The molecule has 0 bridgehead atoms. The van der Waals surface area contributed by atoms with Crippen molar-refractivity contribution in [1.29, 1.82) is 5.41 Å². The lowest BCUT2D eigenvalue weighted by Gasteiger charge is -2.28. The molecule has 0 aliphatic carbocycles. The van der Waals surface area contributed by atoms with Crippen molar-refractivity contribution < 1.29 is 72.2 Å². The number of aromatic nitrogens is 4. The number of amides is 13. The van der Waals surface area contributed by atoms with E-state index in [1.807, 2.05) is 0 Å². The molecule has 3 aromatic carbocycles. The highest BCUT2D eigenvalue weighted by Crippen LogP contribution is 2.22. The molecule has 25 N–H and O–H groups in total. The number of guanidine groups is 1. The van der Waals surface area contributed by atoms with E-state index in [0.717, 1.165) is 0 Å². The van der Waals surface area contributed by atoms with Crippen LogP contribution in [0.1, 0.15) is 74.8 Å². The van der Waals surface area contributed by atoms with E-state index in [9.17, 15) is 72.2 Å². The molecule has 6 aromatic rings. The molecule has 13 amide bonds. The maximum atomic E-state index is 14.8. The number of carbonyl (C=O) groups excluding carboxylic acids is 13.